The van der Waals surface area contributed by atoms with E-state index < -0.39 is 10.0 Å². The van der Waals surface area contributed by atoms with Crippen LogP contribution in [0.4, 0.5) is 11.5 Å². The molecule has 0 saturated carbocycles. The Kier molecular flexibility index (Phi) is 4.43. The fourth-order valence-electron chi connectivity index (χ4n) is 1.89. The number of hydrogen-bond acceptors (Lipinski definition) is 4. The molecule has 8 heteroatoms. The number of nitrogens with one attached hydrogen (secondary N) is 1. The Hall–Kier alpha value is -1.73. The third-order valence-corrected chi connectivity index (χ3v) is 4.80. The molecule has 1 aromatic carbocycles. The molecular formula is C13H17ClN4O2S. The van der Waals surface area contributed by atoms with Crippen LogP contribution in [0.1, 0.15) is 18.9 Å². The van der Waals surface area contributed by atoms with E-state index in [1.165, 1.54) is 10.9 Å². The maximum Gasteiger partial charge on any atom is 0.267 e. The number of anilines is 2. The number of nitrogen functional groups attached to an aromatic ring is 1. The summed E-state index contributed by atoms with van der Waals surface area (Å²) in [5.41, 5.74) is 6.78. The van der Waals surface area contributed by atoms with E-state index in [0.717, 1.165) is 6.42 Å². The molecule has 1 heterocycles. The molecule has 3 N–H and O–H groups in total. The molecule has 0 fully saturated rings. The topological polar surface area (TPSA) is 90.0 Å². The highest BCUT2D eigenvalue weighted by Gasteiger charge is 2.22. The summed E-state index contributed by atoms with van der Waals surface area (Å²) in [6, 6.07) is 5.02. The van der Waals surface area contributed by atoms with Crippen LogP contribution in [0, 0.1) is 6.92 Å². The van der Waals surface area contributed by atoms with Crippen LogP contribution in [0.3, 0.4) is 0 Å². The highest BCUT2D eigenvalue weighted by molar-refractivity contribution is 7.92. The minimum atomic E-state index is -3.80. The molecule has 0 atom stereocenters. The van der Waals surface area contributed by atoms with Gasteiger partial charge in [0.25, 0.3) is 10.0 Å². The van der Waals surface area contributed by atoms with Crippen LogP contribution in [-0.2, 0) is 16.6 Å². The first kappa shape index (κ1) is 15.7. The van der Waals surface area contributed by atoms with Crippen molar-refractivity contribution in [2.75, 3.05) is 10.5 Å². The van der Waals surface area contributed by atoms with Gasteiger partial charge in [0, 0.05) is 17.8 Å². The Morgan fingerprint density at radius 3 is 2.81 bits per heavy atom. The second-order valence-electron chi connectivity index (χ2n) is 4.66. The molecule has 1 aromatic heterocycles. The maximum absolute atomic E-state index is 12.4. The maximum atomic E-state index is 12.4. The van der Waals surface area contributed by atoms with Crippen LogP contribution in [0.25, 0.3) is 0 Å². The lowest BCUT2D eigenvalue weighted by atomic mass is 10.2. The fraction of sp³-hybridized carbons (Fsp3) is 0.308. The highest BCUT2D eigenvalue weighted by Crippen LogP contribution is 2.26. The summed E-state index contributed by atoms with van der Waals surface area (Å²) in [6.07, 6.45) is 2.27. The number of benzene rings is 1. The van der Waals surface area contributed by atoms with Crippen molar-refractivity contribution in [1.82, 2.24) is 9.78 Å². The van der Waals surface area contributed by atoms with Gasteiger partial charge >= 0.3 is 0 Å². The van der Waals surface area contributed by atoms with Gasteiger partial charge in [0.2, 0.25) is 0 Å². The molecule has 21 heavy (non-hydrogen) atoms. The van der Waals surface area contributed by atoms with Gasteiger partial charge in [-0.25, -0.2) is 8.42 Å². The molecule has 2 rings (SSSR count). The number of aryl methyl sites for hydroxylation is 1. The van der Waals surface area contributed by atoms with Crippen molar-refractivity contribution in [1.29, 1.82) is 0 Å². The molecule has 0 amide bonds. The Morgan fingerprint density at radius 2 is 2.14 bits per heavy atom. The van der Waals surface area contributed by atoms with E-state index in [9.17, 15) is 8.42 Å². The molecule has 0 aliphatic carbocycles. The summed E-state index contributed by atoms with van der Waals surface area (Å²) in [5.74, 6) is -0.0179. The zero-order chi connectivity index (χ0) is 15.6. The average molecular weight is 329 g/mol. The fourth-order valence-corrected chi connectivity index (χ4v) is 3.26. The predicted octanol–water partition coefficient (Wildman–Crippen LogP) is 2.64. The smallest absolute Gasteiger partial charge is 0.267 e. The second kappa shape index (κ2) is 5.95. The Bertz CT molecular complexity index is 756. The Balaban J connectivity index is 2.36. The van der Waals surface area contributed by atoms with Gasteiger partial charge in [-0.1, -0.05) is 24.6 Å². The quantitative estimate of drug-likeness (QED) is 0.882. The van der Waals surface area contributed by atoms with E-state index in [1.807, 2.05) is 6.92 Å². The molecule has 2 aromatic rings. The lowest BCUT2D eigenvalue weighted by Crippen LogP contribution is -2.14. The standard InChI is InChI=1S/C13H17ClN4O2S/c1-3-7-18-8-12(13(15)16-18)21(19,20)17-11-6-4-5-10(14)9(11)2/h4-6,8,17H,3,7H2,1-2H3,(H2,15,16). The van der Waals surface area contributed by atoms with Gasteiger partial charge in [-0.15, -0.1) is 0 Å². The van der Waals surface area contributed by atoms with E-state index in [4.69, 9.17) is 17.3 Å². The van der Waals surface area contributed by atoms with Crippen LogP contribution in [0.5, 0.6) is 0 Å². The van der Waals surface area contributed by atoms with E-state index in [-0.39, 0.29) is 10.7 Å². The van der Waals surface area contributed by atoms with Gasteiger partial charge in [-0.3, -0.25) is 9.40 Å². The van der Waals surface area contributed by atoms with Crippen molar-refractivity contribution >= 4 is 33.1 Å². The Labute approximate surface area is 129 Å². The summed E-state index contributed by atoms with van der Waals surface area (Å²) < 4.78 is 28.8. The molecule has 0 spiro atoms. The lowest BCUT2D eigenvalue weighted by molar-refractivity contribution is 0.595. The lowest BCUT2D eigenvalue weighted by Gasteiger charge is -2.10. The summed E-state index contributed by atoms with van der Waals surface area (Å²) in [6.45, 7) is 4.32. The largest absolute Gasteiger partial charge is 0.381 e. The molecule has 0 aliphatic heterocycles. The van der Waals surface area contributed by atoms with E-state index in [1.54, 1.807) is 25.1 Å². The van der Waals surface area contributed by atoms with Crippen molar-refractivity contribution in [3.05, 3.63) is 35.0 Å². The first-order valence-electron chi connectivity index (χ1n) is 6.46. The molecule has 6 nitrogen and oxygen atoms in total. The van der Waals surface area contributed by atoms with Gasteiger partial charge < -0.3 is 5.73 Å². The number of rotatable bonds is 5. The zero-order valence-electron chi connectivity index (χ0n) is 11.8. The summed E-state index contributed by atoms with van der Waals surface area (Å²) >= 11 is 5.99. The molecular weight excluding hydrogens is 312 g/mol. The number of aromatic nitrogens is 2. The van der Waals surface area contributed by atoms with Gasteiger partial charge in [0.1, 0.15) is 4.90 Å². The predicted molar refractivity (Wildman–Crippen MR) is 83.9 cm³/mol. The first-order chi connectivity index (χ1) is 9.85. The normalized spacial score (nSPS) is 11.6. The van der Waals surface area contributed by atoms with Gasteiger partial charge in [-0.05, 0) is 31.0 Å². The molecule has 0 bridgehead atoms. The van der Waals surface area contributed by atoms with Crippen LogP contribution in [0.2, 0.25) is 5.02 Å². The first-order valence-corrected chi connectivity index (χ1v) is 8.32. The van der Waals surface area contributed by atoms with Crippen LogP contribution < -0.4 is 10.5 Å². The summed E-state index contributed by atoms with van der Waals surface area (Å²) in [7, 11) is -3.80. The van der Waals surface area contributed by atoms with Crippen molar-refractivity contribution in [2.45, 2.75) is 31.7 Å². The molecule has 0 saturated heterocycles. The van der Waals surface area contributed by atoms with Crippen molar-refractivity contribution in [3.8, 4) is 0 Å². The molecule has 0 unspecified atom stereocenters. The van der Waals surface area contributed by atoms with E-state index in [0.29, 0.717) is 22.8 Å². The number of hydrogen-bond donors (Lipinski definition) is 2. The van der Waals surface area contributed by atoms with Crippen molar-refractivity contribution in [3.63, 3.8) is 0 Å². The number of sulfonamides is 1. The van der Waals surface area contributed by atoms with Crippen molar-refractivity contribution in [2.24, 2.45) is 0 Å². The van der Waals surface area contributed by atoms with E-state index >= 15 is 0 Å². The Morgan fingerprint density at radius 1 is 1.43 bits per heavy atom. The average Bonchev–Trinajstić information content (AvgIpc) is 2.77. The summed E-state index contributed by atoms with van der Waals surface area (Å²) in [4.78, 5) is -0.0321. The minimum absolute atomic E-state index is 0.0179. The van der Waals surface area contributed by atoms with Crippen LogP contribution in [0.15, 0.2) is 29.3 Å². The van der Waals surface area contributed by atoms with Gasteiger partial charge in [0.05, 0.1) is 5.69 Å². The number of nitrogens with zero attached hydrogens (tertiary/aromatic N) is 2. The minimum Gasteiger partial charge on any atom is -0.381 e. The van der Waals surface area contributed by atoms with Crippen molar-refractivity contribution < 1.29 is 8.42 Å². The van der Waals surface area contributed by atoms with Crippen LogP contribution in [-0.4, -0.2) is 18.2 Å². The summed E-state index contributed by atoms with van der Waals surface area (Å²) in [5, 5.41) is 4.49. The monoisotopic (exact) mass is 328 g/mol. The van der Waals surface area contributed by atoms with Gasteiger partial charge in [-0.2, -0.15) is 5.10 Å². The molecule has 114 valence electrons. The van der Waals surface area contributed by atoms with Crippen LogP contribution >= 0.6 is 11.6 Å². The molecule has 0 radical (unpaired) electrons. The highest BCUT2D eigenvalue weighted by atomic mass is 35.5. The third-order valence-electron chi connectivity index (χ3n) is 3.01. The molecule has 0 aliphatic rings. The van der Waals surface area contributed by atoms with E-state index in [2.05, 4.69) is 9.82 Å². The SMILES string of the molecule is CCCn1cc(S(=O)(=O)Nc2cccc(Cl)c2C)c(N)n1. The number of halogens is 1. The number of nitrogens with two attached hydrogens (primary N) is 1. The second-order valence-corrected chi connectivity index (χ2v) is 6.72. The zero-order valence-corrected chi connectivity index (χ0v) is 13.4. The third kappa shape index (κ3) is 3.30. The van der Waals surface area contributed by atoms with Gasteiger partial charge in [0.15, 0.2) is 5.82 Å².